The van der Waals surface area contributed by atoms with Crippen LogP contribution in [0.1, 0.15) is 5.89 Å². The van der Waals surface area contributed by atoms with Gasteiger partial charge in [-0.15, -0.1) is 10.2 Å². The number of anilines is 2. The Morgan fingerprint density at radius 1 is 1.04 bits per heavy atom. The molecule has 6 nitrogen and oxygen atoms in total. The zero-order chi connectivity index (χ0) is 16.9. The third-order valence-corrected chi connectivity index (χ3v) is 3.63. The number of rotatable bonds is 6. The lowest BCUT2D eigenvalue weighted by atomic mass is 10.2. The Bertz CT molecular complexity index is 797. The Morgan fingerprint density at radius 2 is 1.79 bits per heavy atom. The van der Waals surface area contributed by atoms with Crippen LogP contribution in [-0.2, 0) is 6.54 Å². The zero-order valence-electron chi connectivity index (χ0n) is 14.0. The number of ether oxygens (including phenoxy) is 1. The first-order valence-corrected chi connectivity index (χ1v) is 7.64. The quantitative estimate of drug-likeness (QED) is 0.749. The second-order valence-electron chi connectivity index (χ2n) is 5.50. The van der Waals surface area contributed by atoms with Crippen LogP contribution in [0.15, 0.2) is 52.9 Å². The van der Waals surface area contributed by atoms with E-state index in [9.17, 15) is 0 Å². The average molecular weight is 324 g/mol. The van der Waals surface area contributed by atoms with Gasteiger partial charge < -0.3 is 19.4 Å². The highest BCUT2D eigenvalue weighted by atomic mass is 16.5. The topological polar surface area (TPSA) is 63.4 Å². The number of benzene rings is 2. The van der Waals surface area contributed by atoms with Crippen molar-refractivity contribution in [1.82, 2.24) is 10.2 Å². The highest BCUT2D eigenvalue weighted by molar-refractivity contribution is 5.62. The van der Waals surface area contributed by atoms with E-state index in [0.29, 0.717) is 24.1 Å². The van der Waals surface area contributed by atoms with Crippen LogP contribution < -0.4 is 15.0 Å². The molecule has 0 radical (unpaired) electrons. The van der Waals surface area contributed by atoms with Crippen LogP contribution in [0.2, 0.25) is 0 Å². The van der Waals surface area contributed by atoms with Crippen molar-refractivity contribution in [1.29, 1.82) is 0 Å². The highest BCUT2D eigenvalue weighted by Crippen LogP contribution is 2.28. The molecule has 0 aliphatic heterocycles. The van der Waals surface area contributed by atoms with Crippen molar-refractivity contribution in [2.24, 2.45) is 0 Å². The molecule has 0 saturated heterocycles. The van der Waals surface area contributed by atoms with E-state index in [1.807, 2.05) is 50.5 Å². The molecule has 2 aromatic carbocycles. The van der Waals surface area contributed by atoms with E-state index in [4.69, 9.17) is 9.15 Å². The van der Waals surface area contributed by atoms with Gasteiger partial charge in [0.15, 0.2) is 0 Å². The maximum absolute atomic E-state index is 5.72. The number of nitrogens with one attached hydrogen (secondary N) is 1. The molecule has 3 aromatic rings. The summed E-state index contributed by atoms with van der Waals surface area (Å²) in [5, 5.41) is 11.5. The summed E-state index contributed by atoms with van der Waals surface area (Å²) >= 11 is 0. The summed E-state index contributed by atoms with van der Waals surface area (Å²) in [7, 11) is 5.65. The van der Waals surface area contributed by atoms with E-state index in [0.717, 1.165) is 16.9 Å². The molecule has 0 aliphatic carbocycles. The molecular weight excluding hydrogens is 304 g/mol. The average Bonchev–Trinajstić information content (AvgIpc) is 3.09. The number of para-hydroxylation sites is 1. The van der Waals surface area contributed by atoms with Crippen LogP contribution in [-0.4, -0.2) is 31.4 Å². The Morgan fingerprint density at radius 3 is 2.50 bits per heavy atom. The summed E-state index contributed by atoms with van der Waals surface area (Å²) in [6, 6.07) is 15.7. The summed E-state index contributed by atoms with van der Waals surface area (Å²) in [6.07, 6.45) is 0. The predicted molar refractivity (Wildman–Crippen MR) is 94.4 cm³/mol. The first-order valence-electron chi connectivity index (χ1n) is 7.64. The van der Waals surface area contributed by atoms with E-state index in [-0.39, 0.29) is 0 Å². The summed E-state index contributed by atoms with van der Waals surface area (Å²) in [6.45, 7) is 0.462. The fraction of sp³-hybridized carbons (Fsp3) is 0.222. The first kappa shape index (κ1) is 15.9. The van der Waals surface area contributed by atoms with Gasteiger partial charge in [-0.3, -0.25) is 0 Å². The molecule has 0 bridgehead atoms. The third kappa shape index (κ3) is 3.48. The largest absolute Gasteiger partial charge is 0.496 e. The van der Waals surface area contributed by atoms with Crippen molar-refractivity contribution >= 4 is 11.4 Å². The number of methoxy groups -OCH3 is 1. The lowest BCUT2D eigenvalue weighted by Crippen LogP contribution is -2.08. The van der Waals surface area contributed by atoms with Gasteiger partial charge in [0.05, 0.1) is 19.2 Å². The van der Waals surface area contributed by atoms with Gasteiger partial charge in [-0.25, -0.2) is 0 Å². The molecule has 1 N–H and O–H groups in total. The van der Waals surface area contributed by atoms with E-state index >= 15 is 0 Å². The Hall–Kier alpha value is -3.02. The lowest BCUT2D eigenvalue weighted by molar-refractivity contribution is 0.413. The molecule has 3 rings (SSSR count). The minimum Gasteiger partial charge on any atom is -0.496 e. The molecule has 0 spiro atoms. The summed E-state index contributed by atoms with van der Waals surface area (Å²) in [5.74, 6) is 1.68. The van der Waals surface area contributed by atoms with Gasteiger partial charge in [0.25, 0.3) is 5.89 Å². The van der Waals surface area contributed by atoms with Crippen LogP contribution in [0.5, 0.6) is 5.75 Å². The van der Waals surface area contributed by atoms with Crippen LogP contribution in [0.3, 0.4) is 0 Å². The Labute approximate surface area is 141 Å². The molecule has 0 saturated carbocycles. The highest BCUT2D eigenvalue weighted by Gasteiger charge is 2.12. The third-order valence-electron chi connectivity index (χ3n) is 3.63. The summed E-state index contributed by atoms with van der Waals surface area (Å²) in [5.41, 5.74) is 2.93. The summed E-state index contributed by atoms with van der Waals surface area (Å²) in [4.78, 5) is 2.06. The van der Waals surface area contributed by atoms with Gasteiger partial charge in [0.1, 0.15) is 5.75 Å². The molecule has 1 aromatic heterocycles. The van der Waals surface area contributed by atoms with Crippen molar-refractivity contribution in [3.05, 3.63) is 54.4 Å². The van der Waals surface area contributed by atoms with Crippen molar-refractivity contribution < 1.29 is 9.15 Å². The van der Waals surface area contributed by atoms with Gasteiger partial charge in [-0.1, -0.05) is 12.1 Å². The fourth-order valence-electron chi connectivity index (χ4n) is 2.31. The van der Waals surface area contributed by atoms with Crippen LogP contribution >= 0.6 is 0 Å². The predicted octanol–water partition coefficient (Wildman–Crippen LogP) is 3.42. The van der Waals surface area contributed by atoms with E-state index in [1.165, 1.54) is 0 Å². The standard InChI is InChI=1S/C18H20N4O2/c1-22(2)14-10-8-13(9-11-14)19-12-17-20-21-18(24-17)15-6-4-5-7-16(15)23-3/h4-11,19H,12H2,1-3H3. The molecule has 0 unspecified atom stereocenters. The monoisotopic (exact) mass is 324 g/mol. The van der Waals surface area contributed by atoms with Gasteiger partial charge in [-0.2, -0.15) is 0 Å². The molecule has 24 heavy (non-hydrogen) atoms. The van der Waals surface area contributed by atoms with Crippen molar-refractivity contribution in [2.75, 3.05) is 31.4 Å². The lowest BCUT2D eigenvalue weighted by Gasteiger charge is -2.12. The molecule has 124 valence electrons. The zero-order valence-corrected chi connectivity index (χ0v) is 14.0. The minimum atomic E-state index is 0.451. The second-order valence-corrected chi connectivity index (χ2v) is 5.50. The molecule has 1 heterocycles. The maximum atomic E-state index is 5.72. The molecule has 6 heteroatoms. The summed E-state index contributed by atoms with van der Waals surface area (Å²) < 4.78 is 11.0. The normalized spacial score (nSPS) is 10.5. The van der Waals surface area contributed by atoms with E-state index in [1.54, 1.807) is 7.11 Å². The first-order chi connectivity index (χ1) is 11.7. The fourth-order valence-corrected chi connectivity index (χ4v) is 2.31. The molecular formula is C18H20N4O2. The smallest absolute Gasteiger partial charge is 0.251 e. The van der Waals surface area contributed by atoms with E-state index in [2.05, 4.69) is 32.5 Å². The molecule has 0 amide bonds. The Kier molecular flexibility index (Phi) is 4.65. The number of nitrogens with zero attached hydrogens (tertiary/aromatic N) is 3. The van der Waals surface area contributed by atoms with Gasteiger partial charge in [0, 0.05) is 25.5 Å². The van der Waals surface area contributed by atoms with Crippen molar-refractivity contribution in [3.63, 3.8) is 0 Å². The van der Waals surface area contributed by atoms with Crippen LogP contribution in [0, 0.1) is 0 Å². The SMILES string of the molecule is COc1ccccc1-c1nnc(CNc2ccc(N(C)C)cc2)o1. The molecule has 0 fully saturated rings. The van der Waals surface area contributed by atoms with Crippen LogP contribution in [0.4, 0.5) is 11.4 Å². The van der Waals surface area contributed by atoms with Gasteiger partial charge in [-0.05, 0) is 36.4 Å². The number of hydrogen-bond donors (Lipinski definition) is 1. The Balaban J connectivity index is 1.68. The van der Waals surface area contributed by atoms with Crippen LogP contribution in [0.25, 0.3) is 11.5 Å². The molecule has 0 aliphatic rings. The number of hydrogen-bond acceptors (Lipinski definition) is 6. The van der Waals surface area contributed by atoms with Gasteiger partial charge in [0.2, 0.25) is 5.89 Å². The maximum Gasteiger partial charge on any atom is 0.251 e. The van der Waals surface area contributed by atoms with Crippen molar-refractivity contribution in [3.8, 4) is 17.2 Å². The van der Waals surface area contributed by atoms with E-state index < -0.39 is 0 Å². The van der Waals surface area contributed by atoms with Crippen molar-refractivity contribution in [2.45, 2.75) is 6.54 Å². The molecule has 0 atom stereocenters. The van der Waals surface area contributed by atoms with Gasteiger partial charge >= 0.3 is 0 Å². The second kappa shape index (κ2) is 7.04. The minimum absolute atomic E-state index is 0.451. The number of aromatic nitrogens is 2.